The average Bonchev–Trinajstić information content (AvgIpc) is 3.26. The molecule has 1 amide bonds. The number of nitrogens with zero attached hydrogens (tertiary/aromatic N) is 1. The van der Waals surface area contributed by atoms with E-state index < -0.39 is 10.0 Å². The van der Waals surface area contributed by atoms with Crippen LogP contribution in [0.4, 0.5) is 11.4 Å². The lowest BCUT2D eigenvalue weighted by Crippen LogP contribution is -2.36. The smallest absolute Gasteiger partial charge is 0.271 e. The van der Waals surface area contributed by atoms with Crippen molar-refractivity contribution in [2.75, 3.05) is 16.2 Å². The Morgan fingerprint density at radius 3 is 2.79 bits per heavy atom. The highest BCUT2D eigenvalue weighted by Crippen LogP contribution is 2.37. The maximum Gasteiger partial charge on any atom is 0.271 e. The van der Waals surface area contributed by atoms with Gasteiger partial charge in [0.1, 0.15) is 4.21 Å². The first-order chi connectivity index (χ1) is 11.5. The van der Waals surface area contributed by atoms with E-state index in [0.717, 1.165) is 36.9 Å². The Morgan fingerprint density at radius 2 is 2.08 bits per heavy atom. The third-order valence-corrected chi connectivity index (χ3v) is 7.19. The zero-order valence-corrected chi connectivity index (χ0v) is 14.7. The SMILES string of the molecule is O=C(C1CC1)N1CCCc2ccc(NS(=O)(=O)c3cccs3)cc21. The van der Waals surface area contributed by atoms with Gasteiger partial charge in [-0.1, -0.05) is 12.1 Å². The molecule has 1 saturated carbocycles. The molecule has 1 aromatic carbocycles. The third kappa shape index (κ3) is 2.93. The second-order valence-corrected chi connectivity index (χ2v) is 9.11. The van der Waals surface area contributed by atoms with Crippen molar-refractivity contribution in [1.82, 2.24) is 0 Å². The number of nitrogens with one attached hydrogen (secondary N) is 1. The summed E-state index contributed by atoms with van der Waals surface area (Å²) < 4.78 is 27.7. The molecule has 7 heteroatoms. The molecule has 4 rings (SSSR count). The van der Waals surface area contributed by atoms with Gasteiger partial charge in [-0.25, -0.2) is 8.42 Å². The summed E-state index contributed by atoms with van der Waals surface area (Å²) in [6.07, 6.45) is 3.80. The number of carbonyl (C=O) groups excluding carboxylic acids is 1. The van der Waals surface area contributed by atoms with Gasteiger partial charge in [0, 0.05) is 18.2 Å². The van der Waals surface area contributed by atoms with Crippen LogP contribution in [0.1, 0.15) is 24.8 Å². The lowest BCUT2D eigenvalue weighted by Gasteiger charge is -2.30. The standard InChI is InChI=1S/C17H18N2O3S2/c20-17(13-5-6-13)19-9-1-3-12-7-8-14(11-15(12)19)18-24(21,22)16-4-2-10-23-16/h2,4,7-8,10-11,13,18H,1,3,5-6,9H2. The van der Waals surface area contributed by atoms with Gasteiger partial charge in [0.25, 0.3) is 10.0 Å². The van der Waals surface area contributed by atoms with Crippen molar-refractivity contribution in [2.24, 2.45) is 5.92 Å². The molecule has 2 aromatic rings. The monoisotopic (exact) mass is 362 g/mol. The quantitative estimate of drug-likeness (QED) is 0.908. The summed E-state index contributed by atoms with van der Waals surface area (Å²) in [5.41, 5.74) is 2.46. The Morgan fingerprint density at radius 1 is 1.25 bits per heavy atom. The first kappa shape index (κ1) is 15.7. The summed E-state index contributed by atoms with van der Waals surface area (Å²) in [5.74, 6) is 0.330. The number of thiophene rings is 1. The average molecular weight is 362 g/mol. The molecule has 0 unspecified atom stereocenters. The van der Waals surface area contributed by atoms with E-state index in [4.69, 9.17) is 0 Å². The number of hydrogen-bond donors (Lipinski definition) is 1. The van der Waals surface area contributed by atoms with Crippen LogP contribution in [0.3, 0.4) is 0 Å². The van der Waals surface area contributed by atoms with Gasteiger partial charge in [-0.2, -0.15) is 0 Å². The lowest BCUT2D eigenvalue weighted by molar-refractivity contribution is -0.119. The molecule has 2 aliphatic rings. The van der Waals surface area contributed by atoms with Crippen LogP contribution in [0.5, 0.6) is 0 Å². The molecule has 126 valence electrons. The number of amides is 1. The summed E-state index contributed by atoms with van der Waals surface area (Å²) >= 11 is 1.18. The second-order valence-electron chi connectivity index (χ2n) is 6.25. The van der Waals surface area contributed by atoms with E-state index in [1.54, 1.807) is 29.6 Å². The van der Waals surface area contributed by atoms with Crippen molar-refractivity contribution in [3.8, 4) is 0 Å². The normalized spacial score (nSPS) is 17.4. The third-order valence-electron chi connectivity index (χ3n) is 4.41. The van der Waals surface area contributed by atoms with Crippen LogP contribution in [-0.4, -0.2) is 20.9 Å². The van der Waals surface area contributed by atoms with Gasteiger partial charge in [0.15, 0.2) is 0 Å². The molecular formula is C17H18N2O3S2. The summed E-state index contributed by atoms with van der Waals surface area (Å²) in [4.78, 5) is 14.3. The Hall–Kier alpha value is -1.86. The minimum Gasteiger partial charge on any atom is -0.312 e. The minimum absolute atomic E-state index is 0.155. The maximum atomic E-state index is 12.5. The molecule has 0 atom stereocenters. The van der Waals surface area contributed by atoms with E-state index >= 15 is 0 Å². The number of rotatable bonds is 4. The van der Waals surface area contributed by atoms with Crippen LogP contribution in [0.25, 0.3) is 0 Å². The first-order valence-electron chi connectivity index (χ1n) is 8.05. The van der Waals surface area contributed by atoms with Gasteiger partial charge in [-0.15, -0.1) is 11.3 Å². The van der Waals surface area contributed by atoms with Crippen molar-refractivity contribution in [2.45, 2.75) is 29.9 Å². The van der Waals surface area contributed by atoms with Crippen LogP contribution in [0.2, 0.25) is 0 Å². The summed E-state index contributed by atoms with van der Waals surface area (Å²) in [5, 5.41) is 1.73. The molecule has 0 spiro atoms. The Kier molecular flexibility index (Phi) is 3.85. The number of hydrogen-bond acceptors (Lipinski definition) is 4. The van der Waals surface area contributed by atoms with Crippen LogP contribution in [0, 0.1) is 5.92 Å². The van der Waals surface area contributed by atoms with Gasteiger partial charge < -0.3 is 4.90 Å². The molecule has 2 heterocycles. The largest absolute Gasteiger partial charge is 0.312 e. The number of anilines is 2. The van der Waals surface area contributed by atoms with Crippen LogP contribution in [-0.2, 0) is 21.2 Å². The van der Waals surface area contributed by atoms with Gasteiger partial charge in [-0.3, -0.25) is 9.52 Å². The topological polar surface area (TPSA) is 66.5 Å². The van der Waals surface area contributed by atoms with Crippen molar-refractivity contribution in [1.29, 1.82) is 0 Å². The number of benzene rings is 1. The summed E-state index contributed by atoms with van der Waals surface area (Å²) in [6, 6.07) is 8.78. The Balaban J connectivity index is 1.64. The molecule has 1 N–H and O–H groups in total. The number of carbonyl (C=O) groups is 1. The zero-order chi connectivity index (χ0) is 16.7. The fraction of sp³-hybridized carbons (Fsp3) is 0.353. The molecule has 1 aromatic heterocycles. The molecular weight excluding hydrogens is 344 g/mol. The van der Waals surface area contributed by atoms with Crippen molar-refractivity contribution in [3.05, 3.63) is 41.3 Å². The highest BCUT2D eigenvalue weighted by Gasteiger charge is 2.35. The van der Waals surface area contributed by atoms with Crippen molar-refractivity contribution >= 4 is 38.6 Å². The summed E-state index contributed by atoms with van der Waals surface area (Å²) in [6.45, 7) is 0.712. The summed E-state index contributed by atoms with van der Waals surface area (Å²) in [7, 11) is -3.57. The molecule has 0 radical (unpaired) electrons. The van der Waals surface area contributed by atoms with Gasteiger partial charge in [-0.05, 0) is 54.8 Å². The Labute approximate surface area is 145 Å². The van der Waals surface area contributed by atoms with E-state index in [2.05, 4.69) is 4.72 Å². The number of aryl methyl sites for hydroxylation is 1. The van der Waals surface area contributed by atoms with Gasteiger partial charge >= 0.3 is 0 Å². The fourth-order valence-corrected chi connectivity index (χ4v) is 5.08. The number of fused-ring (bicyclic) bond motifs is 1. The minimum atomic E-state index is -3.57. The molecule has 0 saturated heterocycles. The van der Waals surface area contributed by atoms with Crippen LogP contribution in [0.15, 0.2) is 39.9 Å². The highest BCUT2D eigenvalue weighted by atomic mass is 32.2. The van der Waals surface area contributed by atoms with Crippen molar-refractivity contribution < 1.29 is 13.2 Å². The van der Waals surface area contributed by atoms with E-state index in [1.165, 1.54) is 11.3 Å². The predicted molar refractivity (Wildman–Crippen MR) is 95.0 cm³/mol. The van der Waals surface area contributed by atoms with E-state index in [-0.39, 0.29) is 16.0 Å². The molecule has 1 aliphatic carbocycles. The predicted octanol–water partition coefficient (Wildman–Crippen LogP) is 3.24. The van der Waals surface area contributed by atoms with Gasteiger partial charge in [0.2, 0.25) is 5.91 Å². The van der Waals surface area contributed by atoms with Crippen molar-refractivity contribution in [3.63, 3.8) is 0 Å². The highest BCUT2D eigenvalue weighted by molar-refractivity contribution is 7.94. The Bertz CT molecular complexity index is 871. The van der Waals surface area contributed by atoms with Crippen LogP contribution < -0.4 is 9.62 Å². The van der Waals surface area contributed by atoms with E-state index in [1.807, 2.05) is 11.0 Å². The second kappa shape index (κ2) is 5.89. The van der Waals surface area contributed by atoms with Gasteiger partial charge in [0.05, 0.1) is 5.69 Å². The number of sulfonamides is 1. The fourth-order valence-electron chi connectivity index (χ4n) is 3.04. The molecule has 24 heavy (non-hydrogen) atoms. The lowest BCUT2D eigenvalue weighted by atomic mass is 10.0. The molecule has 1 fully saturated rings. The van der Waals surface area contributed by atoms with E-state index in [9.17, 15) is 13.2 Å². The zero-order valence-electron chi connectivity index (χ0n) is 13.1. The molecule has 5 nitrogen and oxygen atoms in total. The molecule has 0 bridgehead atoms. The van der Waals surface area contributed by atoms with E-state index in [0.29, 0.717) is 12.2 Å². The maximum absolute atomic E-state index is 12.5. The molecule has 1 aliphatic heterocycles. The van der Waals surface area contributed by atoms with Crippen LogP contribution >= 0.6 is 11.3 Å². The first-order valence-corrected chi connectivity index (χ1v) is 10.4.